The number of nitrogens with one attached hydrogen (secondary N) is 1. The lowest BCUT2D eigenvalue weighted by atomic mass is 9.96. The van der Waals surface area contributed by atoms with Gasteiger partial charge in [-0.1, -0.05) is 49.6 Å². The zero-order valence-electron chi connectivity index (χ0n) is 22.2. The SMILES string of the molecule is Cc1nc(-c2ccccc2)nc(C(=O)N2CCN(C(=O)NC3CCCCC3)[C@@H](C)C2)c1C(=O)OC(C)C. The summed E-state index contributed by atoms with van der Waals surface area (Å²) in [4.78, 5) is 52.3. The molecule has 1 saturated carbocycles. The Hall–Kier alpha value is -3.49. The molecular weight excluding hydrogens is 470 g/mol. The minimum Gasteiger partial charge on any atom is -0.459 e. The lowest BCUT2D eigenvalue weighted by molar-refractivity contribution is 0.0367. The lowest BCUT2D eigenvalue weighted by Crippen LogP contribution is -2.59. The Labute approximate surface area is 218 Å². The number of aryl methyl sites for hydroxylation is 1. The minimum absolute atomic E-state index is 0.0318. The Morgan fingerprint density at radius 2 is 1.73 bits per heavy atom. The molecule has 9 nitrogen and oxygen atoms in total. The van der Waals surface area contributed by atoms with Crippen molar-refractivity contribution in [3.63, 3.8) is 0 Å². The summed E-state index contributed by atoms with van der Waals surface area (Å²) in [5, 5.41) is 3.17. The van der Waals surface area contributed by atoms with Crippen LogP contribution in [0, 0.1) is 6.92 Å². The first kappa shape index (κ1) is 26.6. The van der Waals surface area contributed by atoms with Gasteiger partial charge in [0.05, 0.1) is 11.8 Å². The number of ether oxygens (including phenoxy) is 1. The van der Waals surface area contributed by atoms with Crippen molar-refractivity contribution in [1.82, 2.24) is 25.1 Å². The molecule has 1 atom stereocenters. The van der Waals surface area contributed by atoms with Crippen molar-refractivity contribution in [1.29, 1.82) is 0 Å². The summed E-state index contributed by atoms with van der Waals surface area (Å²) in [5.74, 6) is -0.604. The molecule has 1 aromatic heterocycles. The van der Waals surface area contributed by atoms with E-state index in [0.29, 0.717) is 31.2 Å². The highest BCUT2D eigenvalue weighted by molar-refractivity contribution is 6.05. The molecule has 2 aromatic rings. The molecule has 0 radical (unpaired) electrons. The van der Waals surface area contributed by atoms with Gasteiger partial charge in [-0.3, -0.25) is 4.79 Å². The zero-order chi connectivity index (χ0) is 26.5. The van der Waals surface area contributed by atoms with E-state index in [1.165, 1.54) is 6.42 Å². The molecular formula is C28H37N5O4. The first-order valence-corrected chi connectivity index (χ1v) is 13.3. The van der Waals surface area contributed by atoms with Gasteiger partial charge in [-0.2, -0.15) is 0 Å². The van der Waals surface area contributed by atoms with Gasteiger partial charge in [-0.25, -0.2) is 19.6 Å². The molecule has 1 N–H and O–H groups in total. The van der Waals surface area contributed by atoms with Crippen LogP contribution in [0.2, 0.25) is 0 Å². The summed E-state index contributed by atoms with van der Waals surface area (Å²) in [5.41, 5.74) is 1.26. The maximum absolute atomic E-state index is 13.8. The molecule has 4 rings (SSSR count). The number of amides is 3. The van der Waals surface area contributed by atoms with Crippen molar-refractivity contribution in [2.24, 2.45) is 0 Å². The van der Waals surface area contributed by atoms with E-state index in [1.807, 2.05) is 37.3 Å². The van der Waals surface area contributed by atoms with Crippen LogP contribution in [0.25, 0.3) is 11.4 Å². The number of esters is 1. The predicted molar refractivity (Wildman–Crippen MR) is 140 cm³/mol. The molecule has 2 heterocycles. The number of nitrogens with zero attached hydrogens (tertiary/aromatic N) is 4. The molecule has 0 bridgehead atoms. The summed E-state index contributed by atoms with van der Waals surface area (Å²) in [7, 11) is 0. The van der Waals surface area contributed by atoms with Gasteiger partial charge in [0.1, 0.15) is 11.3 Å². The Balaban J connectivity index is 1.56. The number of urea groups is 1. The van der Waals surface area contributed by atoms with Crippen LogP contribution in [-0.2, 0) is 4.74 Å². The first-order valence-electron chi connectivity index (χ1n) is 13.3. The van der Waals surface area contributed by atoms with Crippen molar-refractivity contribution in [2.45, 2.75) is 78.0 Å². The van der Waals surface area contributed by atoms with Crippen molar-refractivity contribution in [3.8, 4) is 11.4 Å². The molecule has 2 fully saturated rings. The van der Waals surface area contributed by atoms with Gasteiger partial charge in [-0.05, 0) is 40.5 Å². The molecule has 2 aliphatic rings. The maximum Gasteiger partial charge on any atom is 0.342 e. The van der Waals surface area contributed by atoms with E-state index < -0.39 is 5.97 Å². The second-order valence-corrected chi connectivity index (χ2v) is 10.3. The molecule has 0 unspecified atom stereocenters. The smallest absolute Gasteiger partial charge is 0.342 e. The van der Waals surface area contributed by atoms with Gasteiger partial charge in [-0.15, -0.1) is 0 Å². The van der Waals surface area contributed by atoms with E-state index in [-0.39, 0.29) is 41.4 Å². The summed E-state index contributed by atoms with van der Waals surface area (Å²) in [6.45, 7) is 8.25. The number of rotatable bonds is 5. The zero-order valence-corrected chi connectivity index (χ0v) is 22.2. The average Bonchev–Trinajstić information content (AvgIpc) is 2.88. The number of carbonyl (C=O) groups is 3. The fourth-order valence-electron chi connectivity index (χ4n) is 5.06. The highest BCUT2D eigenvalue weighted by atomic mass is 16.5. The Morgan fingerprint density at radius 1 is 1.03 bits per heavy atom. The van der Waals surface area contributed by atoms with Crippen LogP contribution in [0.4, 0.5) is 4.79 Å². The molecule has 1 aromatic carbocycles. The summed E-state index contributed by atoms with van der Waals surface area (Å²) < 4.78 is 5.43. The fraction of sp³-hybridized carbons (Fsp3) is 0.536. The lowest BCUT2D eigenvalue weighted by Gasteiger charge is -2.40. The Bertz CT molecular complexity index is 1130. The topological polar surface area (TPSA) is 105 Å². The quantitative estimate of drug-likeness (QED) is 0.608. The number of benzene rings is 1. The van der Waals surface area contributed by atoms with Gasteiger partial charge in [0.25, 0.3) is 5.91 Å². The third-order valence-electron chi connectivity index (χ3n) is 6.98. The third kappa shape index (κ3) is 6.26. The normalized spacial score (nSPS) is 18.6. The largest absolute Gasteiger partial charge is 0.459 e. The van der Waals surface area contributed by atoms with E-state index in [1.54, 1.807) is 30.6 Å². The molecule has 1 aliphatic heterocycles. The van der Waals surface area contributed by atoms with Crippen LogP contribution < -0.4 is 5.32 Å². The molecule has 3 amide bonds. The van der Waals surface area contributed by atoms with E-state index >= 15 is 0 Å². The molecule has 1 saturated heterocycles. The van der Waals surface area contributed by atoms with Crippen LogP contribution in [-0.4, -0.2) is 75.5 Å². The molecule has 198 valence electrons. The average molecular weight is 508 g/mol. The van der Waals surface area contributed by atoms with Gasteiger partial charge >= 0.3 is 12.0 Å². The van der Waals surface area contributed by atoms with E-state index in [9.17, 15) is 14.4 Å². The minimum atomic E-state index is -0.617. The summed E-state index contributed by atoms with van der Waals surface area (Å²) in [6, 6.07) is 9.33. The fourth-order valence-corrected chi connectivity index (χ4v) is 5.06. The second-order valence-electron chi connectivity index (χ2n) is 10.3. The van der Waals surface area contributed by atoms with Gasteiger partial charge < -0.3 is 19.9 Å². The molecule has 1 aliphatic carbocycles. The van der Waals surface area contributed by atoms with Crippen molar-refractivity contribution < 1.29 is 19.1 Å². The molecule has 9 heteroatoms. The summed E-state index contributed by atoms with van der Waals surface area (Å²) in [6.07, 6.45) is 5.20. The molecule has 37 heavy (non-hydrogen) atoms. The highest BCUT2D eigenvalue weighted by Gasteiger charge is 2.34. The van der Waals surface area contributed by atoms with E-state index in [0.717, 1.165) is 31.2 Å². The second kappa shape index (κ2) is 11.7. The van der Waals surface area contributed by atoms with Crippen LogP contribution in [0.5, 0.6) is 0 Å². The van der Waals surface area contributed by atoms with Crippen molar-refractivity contribution in [2.75, 3.05) is 19.6 Å². The Kier molecular flexibility index (Phi) is 8.41. The van der Waals surface area contributed by atoms with E-state index in [2.05, 4.69) is 15.3 Å². The van der Waals surface area contributed by atoms with Gasteiger partial charge in [0.2, 0.25) is 0 Å². The number of hydrogen-bond donors (Lipinski definition) is 1. The first-order chi connectivity index (χ1) is 17.7. The number of aromatic nitrogens is 2. The van der Waals surface area contributed by atoms with Gasteiger partial charge in [0, 0.05) is 37.3 Å². The highest BCUT2D eigenvalue weighted by Crippen LogP contribution is 2.23. The van der Waals surface area contributed by atoms with E-state index in [4.69, 9.17) is 4.74 Å². The predicted octanol–water partition coefficient (Wildman–Crippen LogP) is 4.21. The Morgan fingerprint density at radius 3 is 2.38 bits per heavy atom. The van der Waals surface area contributed by atoms with Crippen LogP contribution in [0.15, 0.2) is 30.3 Å². The summed E-state index contributed by atoms with van der Waals surface area (Å²) >= 11 is 0. The number of hydrogen-bond acceptors (Lipinski definition) is 6. The van der Waals surface area contributed by atoms with Crippen LogP contribution in [0.1, 0.15) is 79.4 Å². The standard InChI is InChI=1S/C28H37N5O4/c1-18(2)37-27(35)23-20(4)29-25(21-11-7-5-8-12-21)31-24(23)26(34)32-15-16-33(19(3)17-32)28(36)30-22-13-9-6-10-14-22/h5,7-8,11-12,18-19,22H,6,9-10,13-17H2,1-4H3,(H,30,36)/t19-/m0/s1. The maximum atomic E-state index is 13.8. The number of carbonyl (C=O) groups excluding carboxylic acids is 3. The van der Waals surface area contributed by atoms with Crippen molar-refractivity contribution >= 4 is 17.9 Å². The number of piperazine rings is 1. The van der Waals surface area contributed by atoms with Crippen molar-refractivity contribution in [3.05, 3.63) is 47.3 Å². The third-order valence-corrected chi connectivity index (χ3v) is 6.98. The molecule has 0 spiro atoms. The van der Waals surface area contributed by atoms with Gasteiger partial charge in [0.15, 0.2) is 5.82 Å². The van der Waals surface area contributed by atoms with Crippen LogP contribution >= 0.6 is 0 Å². The monoisotopic (exact) mass is 507 g/mol. The van der Waals surface area contributed by atoms with Crippen LogP contribution in [0.3, 0.4) is 0 Å².